The van der Waals surface area contributed by atoms with Gasteiger partial charge in [0.25, 0.3) is 0 Å². The fourth-order valence-electron chi connectivity index (χ4n) is 1.16. The van der Waals surface area contributed by atoms with Crippen LogP contribution in [0.15, 0.2) is 5.38 Å². The van der Waals surface area contributed by atoms with Gasteiger partial charge in [0, 0.05) is 22.6 Å². The Balaban J connectivity index is 2.36. The molecule has 2 N–H and O–H groups in total. The second kappa shape index (κ2) is 6.03. The highest BCUT2D eigenvalue weighted by molar-refractivity contribution is 7.98. The van der Waals surface area contributed by atoms with Crippen LogP contribution in [0.1, 0.15) is 44.8 Å². The first kappa shape index (κ1) is 14.0. The number of nitrogens with two attached hydrogens (primary N) is 1. The monoisotopic (exact) mass is 258 g/mol. The third-order valence-electron chi connectivity index (χ3n) is 2.16. The van der Waals surface area contributed by atoms with E-state index in [-0.39, 0.29) is 5.41 Å². The van der Waals surface area contributed by atoms with Crippen LogP contribution in [0.3, 0.4) is 0 Å². The van der Waals surface area contributed by atoms with E-state index in [0.29, 0.717) is 6.04 Å². The standard InChI is InChI=1S/C12H22N2S2/c1-9(13)5-6-15-7-10-8-16-11(14-10)12(2,3)4/h8-9H,5-7,13H2,1-4H3. The molecule has 0 amide bonds. The van der Waals surface area contributed by atoms with Crippen LogP contribution in [0.5, 0.6) is 0 Å². The van der Waals surface area contributed by atoms with E-state index in [2.05, 4.69) is 38.1 Å². The quantitative estimate of drug-likeness (QED) is 0.823. The molecule has 92 valence electrons. The number of rotatable bonds is 5. The molecular formula is C12H22N2S2. The van der Waals surface area contributed by atoms with E-state index in [9.17, 15) is 0 Å². The van der Waals surface area contributed by atoms with Crippen LogP contribution in [-0.2, 0) is 11.2 Å². The Morgan fingerprint density at radius 1 is 1.50 bits per heavy atom. The molecule has 16 heavy (non-hydrogen) atoms. The Labute approximate surface area is 107 Å². The molecule has 0 saturated heterocycles. The summed E-state index contributed by atoms with van der Waals surface area (Å²) in [6.45, 7) is 8.68. The predicted molar refractivity (Wildman–Crippen MR) is 75.2 cm³/mol. The number of hydrogen-bond acceptors (Lipinski definition) is 4. The van der Waals surface area contributed by atoms with Gasteiger partial charge in [0.2, 0.25) is 0 Å². The fourth-order valence-corrected chi connectivity index (χ4v) is 3.22. The molecule has 0 bridgehead atoms. The van der Waals surface area contributed by atoms with E-state index in [4.69, 9.17) is 5.73 Å². The van der Waals surface area contributed by atoms with E-state index >= 15 is 0 Å². The summed E-state index contributed by atoms with van der Waals surface area (Å²) in [7, 11) is 0. The van der Waals surface area contributed by atoms with Crippen molar-refractivity contribution in [2.75, 3.05) is 5.75 Å². The van der Waals surface area contributed by atoms with Crippen molar-refractivity contribution < 1.29 is 0 Å². The van der Waals surface area contributed by atoms with Gasteiger partial charge in [-0.05, 0) is 19.1 Å². The summed E-state index contributed by atoms with van der Waals surface area (Å²) in [6, 6.07) is 0.313. The van der Waals surface area contributed by atoms with Crippen molar-refractivity contribution in [2.24, 2.45) is 5.73 Å². The molecule has 1 aromatic heterocycles. The number of aromatic nitrogens is 1. The number of thiazole rings is 1. The van der Waals surface area contributed by atoms with E-state index in [0.717, 1.165) is 17.9 Å². The highest BCUT2D eigenvalue weighted by atomic mass is 32.2. The second-order valence-electron chi connectivity index (χ2n) is 5.21. The van der Waals surface area contributed by atoms with Crippen molar-refractivity contribution >= 4 is 23.1 Å². The fraction of sp³-hybridized carbons (Fsp3) is 0.750. The molecule has 0 saturated carbocycles. The summed E-state index contributed by atoms with van der Waals surface area (Å²) in [4.78, 5) is 4.66. The van der Waals surface area contributed by atoms with Gasteiger partial charge in [-0.3, -0.25) is 0 Å². The minimum absolute atomic E-state index is 0.180. The summed E-state index contributed by atoms with van der Waals surface area (Å²) in [5.74, 6) is 2.14. The lowest BCUT2D eigenvalue weighted by Crippen LogP contribution is -2.15. The molecule has 0 aliphatic rings. The average molecular weight is 258 g/mol. The van der Waals surface area contributed by atoms with Crippen LogP contribution in [0.25, 0.3) is 0 Å². The average Bonchev–Trinajstić information content (AvgIpc) is 2.59. The van der Waals surface area contributed by atoms with E-state index in [1.165, 1.54) is 10.7 Å². The Bertz CT molecular complexity index is 313. The van der Waals surface area contributed by atoms with Gasteiger partial charge in [-0.2, -0.15) is 11.8 Å². The molecule has 0 aliphatic heterocycles. The summed E-state index contributed by atoms with van der Waals surface area (Å²) < 4.78 is 0. The Hall–Kier alpha value is -0.0600. The SMILES string of the molecule is CC(N)CCSCc1csc(C(C)(C)C)n1. The Morgan fingerprint density at radius 2 is 2.19 bits per heavy atom. The zero-order chi connectivity index (χ0) is 12.2. The summed E-state index contributed by atoms with van der Waals surface area (Å²) in [5, 5.41) is 3.41. The number of thioether (sulfide) groups is 1. The van der Waals surface area contributed by atoms with Crippen LogP contribution < -0.4 is 5.73 Å². The van der Waals surface area contributed by atoms with Gasteiger partial charge in [-0.1, -0.05) is 20.8 Å². The van der Waals surface area contributed by atoms with Gasteiger partial charge in [0.05, 0.1) is 10.7 Å². The molecule has 0 aliphatic carbocycles. The highest BCUT2D eigenvalue weighted by Crippen LogP contribution is 2.26. The van der Waals surface area contributed by atoms with Crippen molar-refractivity contribution in [1.29, 1.82) is 0 Å². The first-order chi connectivity index (χ1) is 7.39. The molecular weight excluding hydrogens is 236 g/mol. The van der Waals surface area contributed by atoms with Crippen LogP contribution >= 0.6 is 23.1 Å². The van der Waals surface area contributed by atoms with Crippen LogP contribution in [0, 0.1) is 0 Å². The number of hydrogen-bond donors (Lipinski definition) is 1. The third-order valence-corrected chi connectivity index (χ3v) is 4.50. The molecule has 1 unspecified atom stereocenters. The molecule has 0 fully saturated rings. The summed E-state index contributed by atoms with van der Waals surface area (Å²) >= 11 is 3.69. The van der Waals surface area contributed by atoms with Crippen LogP contribution in [0.4, 0.5) is 0 Å². The molecule has 0 aromatic carbocycles. The largest absolute Gasteiger partial charge is 0.328 e. The minimum Gasteiger partial charge on any atom is -0.328 e. The number of nitrogens with zero attached hydrogens (tertiary/aromatic N) is 1. The molecule has 2 nitrogen and oxygen atoms in total. The maximum Gasteiger partial charge on any atom is 0.0982 e. The van der Waals surface area contributed by atoms with Gasteiger partial charge in [-0.15, -0.1) is 11.3 Å². The Morgan fingerprint density at radius 3 is 2.69 bits per heavy atom. The van der Waals surface area contributed by atoms with Crippen molar-refractivity contribution in [3.8, 4) is 0 Å². The van der Waals surface area contributed by atoms with Crippen molar-refractivity contribution in [1.82, 2.24) is 4.98 Å². The predicted octanol–water partition coefficient (Wildman–Crippen LogP) is 3.41. The summed E-state index contributed by atoms with van der Waals surface area (Å²) in [5.41, 5.74) is 7.10. The van der Waals surface area contributed by atoms with Gasteiger partial charge >= 0.3 is 0 Å². The van der Waals surface area contributed by atoms with Gasteiger partial charge in [0.1, 0.15) is 0 Å². The molecule has 0 radical (unpaired) electrons. The topological polar surface area (TPSA) is 38.9 Å². The summed E-state index contributed by atoms with van der Waals surface area (Å²) in [6.07, 6.45) is 1.08. The molecule has 1 heterocycles. The van der Waals surface area contributed by atoms with E-state index in [1.54, 1.807) is 11.3 Å². The van der Waals surface area contributed by atoms with Crippen LogP contribution in [-0.4, -0.2) is 16.8 Å². The Kier molecular flexibility index (Phi) is 5.28. The highest BCUT2D eigenvalue weighted by Gasteiger charge is 2.17. The molecule has 1 aromatic rings. The molecule has 0 spiro atoms. The third kappa shape index (κ3) is 4.85. The lowest BCUT2D eigenvalue weighted by molar-refractivity contribution is 0.584. The van der Waals surface area contributed by atoms with Crippen molar-refractivity contribution in [3.05, 3.63) is 16.1 Å². The van der Waals surface area contributed by atoms with Crippen LogP contribution in [0.2, 0.25) is 0 Å². The van der Waals surface area contributed by atoms with E-state index < -0.39 is 0 Å². The molecule has 1 rings (SSSR count). The van der Waals surface area contributed by atoms with Gasteiger partial charge < -0.3 is 5.73 Å². The minimum atomic E-state index is 0.180. The first-order valence-corrected chi connectivity index (χ1v) is 7.71. The maximum atomic E-state index is 5.71. The maximum absolute atomic E-state index is 5.71. The lowest BCUT2D eigenvalue weighted by Gasteiger charge is -2.13. The normalized spacial score (nSPS) is 14.1. The zero-order valence-electron chi connectivity index (χ0n) is 10.6. The van der Waals surface area contributed by atoms with Gasteiger partial charge in [0.15, 0.2) is 0 Å². The van der Waals surface area contributed by atoms with Crippen molar-refractivity contribution in [2.45, 2.75) is 51.3 Å². The van der Waals surface area contributed by atoms with E-state index in [1.807, 2.05) is 11.8 Å². The van der Waals surface area contributed by atoms with Crippen molar-refractivity contribution in [3.63, 3.8) is 0 Å². The zero-order valence-corrected chi connectivity index (χ0v) is 12.3. The second-order valence-corrected chi connectivity index (χ2v) is 7.18. The smallest absolute Gasteiger partial charge is 0.0982 e. The van der Waals surface area contributed by atoms with Gasteiger partial charge in [-0.25, -0.2) is 4.98 Å². The first-order valence-electron chi connectivity index (χ1n) is 5.68. The molecule has 4 heteroatoms. The lowest BCUT2D eigenvalue weighted by atomic mass is 9.98. The molecule has 1 atom stereocenters.